The van der Waals surface area contributed by atoms with Gasteiger partial charge in [-0.25, -0.2) is 0 Å². The van der Waals surface area contributed by atoms with Crippen LogP contribution in [-0.4, -0.2) is 7.11 Å². The molecule has 0 aromatic heterocycles. The normalized spacial score (nSPS) is 10.7. The van der Waals surface area contributed by atoms with E-state index in [9.17, 15) is 0 Å². The van der Waals surface area contributed by atoms with Crippen molar-refractivity contribution in [1.29, 1.82) is 0 Å². The van der Waals surface area contributed by atoms with Gasteiger partial charge in [0.1, 0.15) is 6.61 Å². The second-order valence-corrected chi connectivity index (χ2v) is 7.61. The summed E-state index contributed by atoms with van der Waals surface area (Å²) in [5.41, 5.74) is 3.33. The Hall–Kier alpha value is -2.98. The van der Waals surface area contributed by atoms with E-state index in [1.54, 1.807) is 7.11 Å². The molecule has 0 amide bonds. The molecule has 0 saturated heterocycles. The molecule has 4 rings (SSSR count). The summed E-state index contributed by atoms with van der Waals surface area (Å²) in [7, 11) is 1.67. The highest BCUT2D eigenvalue weighted by Crippen LogP contribution is 2.37. The van der Waals surface area contributed by atoms with E-state index < -0.39 is 0 Å². The van der Waals surface area contributed by atoms with E-state index in [4.69, 9.17) is 9.47 Å². The fraction of sp³-hybridized carbons (Fsp3) is 0.120. The number of nitrogens with one attached hydrogen (secondary N) is 1. The van der Waals surface area contributed by atoms with E-state index in [1.165, 1.54) is 10.8 Å². The minimum absolute atomic E-state index is 0.470. The van der Waals surface area contributed by atoms with Crippen LogP contribution in [0.25, 0.3) is 10.8 Å². The van der Waals surface area contributed by atoms with Crippen molar-refractivity contribution in [3.63, 3.8) is 0 Å². The molecular weight excluding hydrogens is 426 g/mol. The molecule has 0 unspecified atom stereocenters. The number of ether oxygens (including phenoxy) is 2. The summed E-state index contributed by atoms with van der Waals surface area (Å²) < 4.78 is 12.7. The van der Waals surface area contributed by atoms with Crippen LogP contribution in [0.3, 0.4) is 0 Å². The van der Waals surface area contributed by atoms with Gasteiger partial charge in [0.15, 0.2) is 11.5 Å². The summed E-state index contributed by atoms with van der Waals surface area (Å²) in [6.45, 7) is 1.17. The lowest BCUT2D eigenvalue weighted by Crippen LogP contribution is -2.03. The maximum Gasteiger partial charge on any atom is 0.175 e. The zero-order valence-corrected chi connectivity index (χ0v) is 17.8. The lowest BCUT2D eigenvalue weighted by atomic mass is 10.1. The van der Waals surface area contributed by atoms with Crippen LogP contribution < -0.4 is 14.8 Å². The molecule has 4 heteroatoms. The summed E-state index contributed by atoms with van der Waals surface area (Å²) in [5, 5.41) is 5.83. The summed E-state index contributed by atoms with van der Waals surface area (Å²) in [5.74, 6) is 1.42. The number of benzene rings is 4. The molecule has 4 aromatic carbocycles. The van der Waals surface area contributed by atoms with Gasteiger partial charge >= 0.3 is 0 Å². The van der Waals surface area contributed by atoms with E-state index in [-0.39, 0.29) is 0 Å². The Labute approximate surface area is 179 Å². The number of para-hydroxylation sites is 1. The topological polar surface area (TPSA) is 30.5 Å². The number of fused-ring (bicyclic) bond motifs is 1. The molecule has 0 aliphatic rings. The molecule has 146 valence electrons. The van der Waals surface area contributed by atoms with Crippen molar-refractivity contribution in [2.24, 2.45) is 0 Å². The second-order valence-electron chi connectivity index (χ2n) is 6.76. The SMILES string of the molecule is COc1cc(CNc2ccccc2)cc(Br)c1OCc1cccc2ccccc12. The first-order valence-electron chi connectivity index (χ1n) is 9.49. The van der Waals surface area contributed by atoms with Gasteiger partial charge in [-0.1, -0.05) is 60.7 Å². The molecule has 0 aliphatic heterocycles. The Morgan fingerprint density at radius 1 is 0.862 bits per heavy atom. The van der Waals surface area contributed by atoms with E-state index in [0.29, 0.717) is 24.7 Å². The molecule has 4 aromatic rings. The molecule has 0 atom stereocenters. The zero-order valence-electron chi connectivity index (χ0n) is 16.2. The molecule has 0 fully saturated rings. The molecular formula is C25H22BrNO2. The fourth-order valence-corrected chi connectivity index (χ4v) is 3.95. The number of rotatable bonds is 7. The molecule has 0 radical (unpaired) electrons. The lowest BCUT2D eigenvalue weighted by molar-refractivity contribution is 0.283. The molecule has 0 bridgehead atoms. The van der Waals surface area contributed by atoms with Crippen molar-refractivity contribution in [2.45, 2.75) is 13.2 Å². The number of hydrogen-bond acceptors (Lipinski definition) is 3. The average Bonchev–Trinajstić information content (AvgIpc) is 2.77. The fourth-order valence-electron chi connectivity index (χ4n) is 3.34. The third-order valence-electron chi connectivity index (χ3n) is 4.81. The Morgan fingerprint density at radius 2 is 1.62 bits per heavy atom. The van der Waals surface area contributed by atoms with Crippen LogP contribution in [0.1, 0.15) is 11.1 Å². The molecule has 1 N–H and O–H groups in total. The smallest absolute Gasteiger partial charge is 0.175 e. The highest BCUT2D eigenvalue weighted by atomic mass is 79.9. The number of hydrogen-bond donors (Lipinski definition) is 1. The zero-order chi connectivity index (χ0) is 20.1. The van der Waals surface area contributed by atoms with Crippen molar-refractivity contribution in [3.8, 4) is 11.5 Å². The first kappa shape index (κ1) is 19.3. The third-order valence-corrected chi connectivity index (χ3v) is 5.40. The average molecular weight is 448 g/mol. The number of anilines is 1. The van der Waals surface area contributed by atoms with Crippen molar-refractivity contribution in [3.05, 3.63) is 101 Å². The number of halogens is 1. The van der Waals surface area contributed by atoms with Crippen LogP contribution in [-0.2, 0) is 13.2 Å². The molecule has 0 saturated carbocycles. The van der Waals surface area contributed by atoms with Gasteiger partial charge in [0.25, 0.3) is 0 Å². The summed E-state index contributed by atoms with van der Waals surface area (Å²) in [4.78, 5) is 0. The summed E-state index contributed by atoms with van der Waals surface area (Å²) in [6, 6.07) is 28.8. The van der Waals surface area contributed by atoms with Crippen molar-refractivity contribution in [2.75, 3.05) is 12.4 Å². The largest absolute Gasteiger partial charge is 0.493 e. The first-order valence-corrected chi connectivity index (χ1v) is 10.3. The van der Waals surface area contributed by atoms with E-state index >= 15 is 0 Å². The van der Waals surface area contributed by atoms with Gasteiger partial charge in [0.2, 0.25) is 0 Å². The predicted octanol–water partition coefficient (Wildman–Crippen LogP) is 6.80. The Morgan fingerprint density at radius 3 is 2.45 bits per heavy atom. The minimum atomic E-state index is 0.470. The lowest BCUT2D eigenvalue weighted by Gasteiger charge is -2.16. The van der Waals surface area contributed by atoms with Gasteiger partial charge < -0.3 is 14.8 Å². The highest BCUT2D eigenvalue weighted by molar-refractivity contribution is 9.10. The number of methoxy groups -OCH3 is 1. The minimum Gasteiger partial charge on any atom is -0.493 e. The van der Waals surface area contributed by atoms with Crippen LogP contribution in [0.15, 0.2) is 89.4 Å². The molecule has 3 nitrogen and oxygen atoms in total. The van der Waals surface area contributed by atoms with Crippen LogP contribution in [0.4, 0.5) is 5.69 Å². The third kappa shape index (κ3) is 4.54. The maximum absolute atomic E-state index is 6.18. The molecule has 0 heterocycles. The Bertz CT molecular complexity index is 1110. The van der Waals surface area contributed by atoms with E-state index in [2.05, 4.69) is 69.8 Å². The summed E-state index contributed by atoms with van der Waals surface area (Å²) >= 11 is 3.66. The van der Waals surface area contributed by atoms with Crippen LogP contribution in [0.5, 0.6) is 11.5 Å². The van der Waals surface area contributed by atoms with Gasteiger partial charge in [0.05, 0.1) is 11.6 Å². The van der Waals surface area contributed by atoms with E-state index in [0.717, 1.165) is 21.3 Å². The van der Waals surface area contributed by atoms with Crippen molar-refractivity contribution < 1.29 is 9.47 Å². The predicted molar refractivity (Wildman–Crippen MR) is 123 cm³/mol. The van der Waals surface area contributed by atoms with Crippen molar-refractivity contribution >= 4 is 32.4 Å². The van der Waals surface area contributed by atoms with E-state index in [1.807, 2.05) is 36.4 Å². The second kappa shape index (κ2) is 9.01. The molecule has 29 heavy (non-hydrogen) atoms. The van der Waals surface area contributed by atoms with Crippen LogP contribution in [0, 0.1) is 0 Å². The first-order chi connectivity index (χ1) is 14.2. The summed E-state index contributed by atoms with van der Waals surface area (Å²) in [6.07, 6.45) is 0. The Kier molecular flexibility index (Phi) is 6.01. The van der Waals surface area contributed by atoms with Gasteiger partial charge in [-0.15, -0.1) is 0 Å². The van der Waals surface area contributed by atoms with Crippen LogP contribution in [0.2, 0.25) is 0 Å². The standard InChI is InChI=1S/C25H22BrNO2/c1-28-24-15-18(16-27-21-11-3-2-4-12-21)14-23(26)25(24)29-17-20-10-7-9-19-8-5-6-13-22(19)20/h2-15,27H,16-17H2,1H3. The van der Waals surface area contributed by atoms with Crippen molar-refractivity contribution in [1.82, 2.24) is 0 Å². The highest BCUT2D eigenvalue weighted by Gasteiger charge is 2.13. The van der Waals surface area contributed by atoms with Gasteiger partial charge in [-0.05, 0) is 62.1 Å². The van der Waals surface area contributed by atoms with Gasteiger partial charge in [0, 0.05) is 12.2 Å². The Balaban J connectivity index is 1.52. The monoisotopic (exact) mass is 447 g/mol. The molecule has 0 spiro atoms. The maximum atomic E-state index is 6.18. The quantitative estimate of drug-likeness (QED) is 0.337. The van der Waals surface area contributed by atoms with Gasteiger partial charge in [-0.3, -0.25) is 0 Å². The van der Waals surface area contributed by atoms with Gasteiger partial charge in [-0.2, -0.15) is 0 Å². The molecule has 0 aliphatic carbocycles. The van der Waals surface area contributed by atoms with Crippen LogP contribution >= 0.6 is 15.9 Å².